The van der Waals surface area contributed by atoms with Gasteiger partial charge in [-0.2, -0.15) is 10.2 Å². The number of nitrogens with zero attached hydrogens (tertiary/aromatic N) is 3. The van der Waals surface area contributed by atoms with Crippen molar-refractivity contribution in [2.45, 2.75) is 26.2 Å². The van der Waals surface area contributed by atoms with E-state index < -0.39 is 11.7 Å². The van der Waals surface area contributed by atoms with Gasteiger partial charge in [0.25, 0.3) is 0 Å². The average molecular weight is 385 g/mol. The molecule has 3 aromatic rings. The molecule has 0 radical (unpaired) electrons. The molecule has 2 aromatic heterocycles. The number of carbonyl (C=O) groups excluding carboxylic acids is 1. The first kappa shape index (κ1) is 19.1. The second kappa shape index (κ2) is 7.92. The number of azo groups is 1. The summed E-state index contributed by atoms with van der Waals surface area (Å²) in [6.45, 7) is 2.55. The number of aromatic nitrogens is 2. The number of aromatic hydroxyl groups is 1. The van der Waals surface area contributed by atoms with E-state index in [1.807, 2.05) is 6.07 Å². The van der Waals surface area contributed by atoms with Crippen molar-refractivity contribution in [3.63, 3.8) is 0 Å². The molecule has 0 fully saturated rings. The molecule has 28 heavy (non-hydrogen) atoms. The van der Waals surface area contributed by atoms with Crippen LogP contribution in [0.1, 0.15) is 25.2 Å². The van der Waals surface area contributed by atoms with Gasteiger partial charge in [-0.05, 0) is 18.2 Å². The normalized spacial score (nSPS) is 13.4. The van der Waals surface area contributed by atoms with Crippen LogP contribution < -0.4 is 5.32 Å². The molecule has 0 spiro atoms. The maximum Gasteiger partial charge on any atom is 0.305 e. The van der Waals surface area contributed by atoms with Crippen molar-refractivity contribution in [2.24, 2.45) is 10.2 Å². The molecule has 0 saturated heterocycles. The minimum absolute atomic E-state index is 0.0242. The number of benzene rings is 1. The topological polar surface area (TPSA) is 145 Å². The Balaban J connectivity index is 1.93. The highest BCUT2D eigenvalue weighted by atomic mass is 16.6. The van der Waals surface area contributed by atoms with E-state index in [0.29, 0.717) is 11.3 Å². The van der Waals surface area contributed by atoms with Gasteiger partial charge in [-0.25, -0.2) is 5.10 Å². The first-order valence-electron chi connectivity index (χ1n) is 8.32. The number of hydrogen-bond acceptors (Lipinski definition) is 9. The molecule has 1 unspecified atom stereocenters. The number of aliphatic hydroxyl groups excluding tert-OH is 1. The predicted octanol–water partition coefficient (Wildman–Crippen LogP) is 3.46. The summed E-state index contributed by atoms with van der Waals surface area (Å²) in [7, 11) is 0. The maximum absolute atomic E-state index is 11.6. The number of ether oxygens (including phenoxy) is 1. The Labute approximate surface area is 159 Å². The number of esters is 1. The van der Waals surface area contributed by atoms with Crippen molar-refractivity contribution < 1.29 is 24.2 Å². The summed E-state index contributed by atoms with van der Waals surface area (Å²) in [6, 6.07) is 10.5. The van der Waals surface area contributed by atoms with Gasteiger partial charge in [0.2, 0.25) is 11.6 Å². The van der Waals surface area contributed by atoms with Crippen LogP contribution in [-0.2, 0) is 21.9 Å². The monoisotopic (exact) mass is 385 g/mol. The van der Waals surface area contributed by atoms with E-state index in [1.54, 1.807) is 24.3 Å². The zero-order valence-corrected chi connectivity index (χ0v) is 15.2. The van der Waals surface area contributed by atoms with E-state index in [9.17, 15) is 15.0 Å². The van der Waals surface area contributed by atoms with Crippen molar-refractivity contribution in [3.8, 4) is 5.88 Å². The van der Waals surface area contributed by atoms with Crippen LogP contribution in [-0.4, -0.2) is 26.4 Å². The number of nitrogens with one attached hydrogen (secondary N) is 2. The van der Waals surface area contributed by atoms with Gasteiger partial charge in [-0.3, -0.25) is 4.79 Å². The first-order chi connectivity index (χ1) is 13.4. The van der Waals surface area contributed by atoms with Crippen molar-refractivity contribution in [2.75, 3.05) is 5.32 Å². The van der Waals surface area contributed by atoms with Crippen molar-refractivity contribution in [1.29, 1.82) is 0 Å². The van der Waals surface area contributed by atoms with Crippen LogP contribution in [0.25, 0.3) is 0 Å². The van der Waals surface area contributed by atoms with E-state index in [2.05, 4.69) is 25.7 Å². The Kier molecular flexibility index (Phi) is 5.41. The Bertz CT molecular complexity index is 981. The number of furan rings is 1. The molecule has 0 saturated carbocycles. The fourth-order valence-corrected chi connectivity index (χ4v) is 2.47. The summed E-state index contributed by atoms with van der Waals surface area (Å²) in [5.41, 5.74) is -0.367. The second-order valence-electron chi connectivity index (χ2n) is 6.03. The molecular weight excluding hydrogens is 366 g/mol. The molecule has 0 amide bonds. The number of carbonyl (C=O) groups is 1. The Morgan fingerprint density at radius 3 is 2.75 bits per heavy atom. The minimum Gasteiger partial charge on any atom is -0.492 e. The zero-order chi connectivity index (χ0) is 20.1. The molecule has 146 valence electrons. The quantitative estimate of drug-likeness (QED) is 0.277. The molecule has 3 rings (SSSR count). The van der Waals surface area contributed by atoms with Gasteiger partial charge < -0.3 is 24.7 Å². The third-order valence-corrected chi connectivity index (χ3v) is 3.76. The first-order valence-corrected chi connectivity index (χ1v) is 8.32. The van der Waals surface area contributed by atoms with E-state index in [4.69, 9.17) is 9.15 Å². The molecule has 0 aliphatic heterocycles. The van der Waals surface area contributed by atoms with E-state index >= 15 is 0 Å². The van der Waals surface area contributed by atoms with Gasteiger partial charge in [-0.15, -0.1) is 5.11 Å². The summed E-state index contributed by atoms with van der Waals surface area (Å²) in [4.78, 5) is 11.6. The minimum atomic E-state index is -1.47. The van der Waals surface area contributed by atoms with Gasteiger partial charge in [-0.1, -0.05) is 18.2 Å². The lowest BCUT2D eigenvalue weighted by Gasteiger charge is -2.28. The van der Waals surface area contributed by atoms with E-state index in [1.165, 1.54) is 26.2 Å². The second-order valence-corrected chi connectivity index (χ2v) is 6.03. The molecule has 1 aromatic carbocycles. The summed E-state index contributed by atoms with van der Waals surface area (Å²) >= 11 is 0. The fourth-order valence-electron chi connectivity index (χ4n) is 2.47. The Morgan fingerprint density at radius 1 is 1.36 bits per heavy atom. The molecule has 0 aliphatic carbocycles. The number of aliphatic hydroxyl groups is 1. The molecular formula is C18H19N5O5. The third-order valence-electron chi connectivity index (χ3n) is 3.76. The van der Waals surface area contributed by atoms with Gasteiger partial charge in [0.15, 0.2) is 17.3 Å². The molecule has 0 bridgehead atoms. The molecule has 10 nitrogen and oxygen atoms in total. The Morgan fingerprint density at radius 2 is 2.11 bits per heavy atom. The average Bonchev–Trinajstić information content (AvgIpc) is 3.28. The van der Waals surface area contributed by atoms with Crippen molar-refractivity contribution in [1.82, 2.24) is 10.2 Å². The van der Waals surface area contributed by atoms with E-state index in [0.717, 1.165) is 0 Å². The smallest absolute Gasteiger partial charge is 0.305 e. The molecule has 4 N–H and O–H groups in total. The van der Waals surface area contributed by atoms with Gasteiger partial charge >= 0.3 is 5.97 Å². The molecule has 1 atom stereocenters. The molecule has 10 heteroatoms. The fraction of sp³-hybridized carbons (Fsp3) is 0.222. The van der Waals surface area contributed by atoms with Crippen LogP contribution in [0.4, 0.5) is 17.2 Å². The SMILES string of the molecule is CC(=O)OC(C)(Nc1n[nH]c(O)c1N=Nc1ccccc1)c1cc(CO)co1. The highest BCUT2D eigenvalue weighted by Gasteiger charge is 2.36. The largest absolute Gasteiger partial charge is 0.492 e. The predicted molar refractivity (Wildman–Crippen MR) is 98.2 cm³/mol. The number of aromatic amines is 1. The van der Waals surface area contributed by atoms with Crippen LogP contribution in [0.2, 0.25) is 0 Å². The highest BCUT2D eigenvalue weighted by Crippen LogP contribution is 2.38. The summed E-state index contributed by atoms with van der Waals surface area (Å²) in [5, 5.41) is 36.6. The van der Waals surface area contributed by atoms with Gasteiger partial charge in [0, 0.05) is 19.4 Å². The highest BCUT2D eigenvalue weighted by molar-refractivity contribution is 5.69. The van der Waals surface area contributed by atoms with Gasteiger partial charge in [0.05, 0.1) is 18.6 Å². The molecule has 2 heterocycles. The Hall–Kier alpha value is -3.66. The zero-order valence-electron chi connectivity index (χ0n) is 15.2. The summed E-state index contributed by atoms with van der Waals surface area (Å²) < 4.78 is 10.8. The van der Waals surface area contributed by atoms with Crippen LogP contribution >= 0.6 is 0 Å². The van der Waals surface area contributed by atoms with Crippen LogP contribution in [0.3, 0.4) is 0 Å². The van der Waals surface area contributed by atoms with Crippen LogP contribution in [0, 0.1) is 0 Å². The summed E-state index contributed by atoms with van der Waals surface area (Å²) in [5.74, 6) is -0.588. The third kappa shape index (κ3) is 4.18. The molecule has 0 aliphatic rings. The maximum atomic E-state index is 11.6. The van der Waals surface area contributed by atoms with Crippen LogP contribution in [0.15, 0.2) is 57.3 Å². The number of hydrogen-bond donors (Lipinski definition) is 4. The lowest BCUT2D eigenvalue weighted by Crippen LogP contribution is -2.36. The van der Waals surface area contributed by atoms with Crippen molar-refractivity contribution >= 4 is 23.2 Å². The lowest BCUT2D eigenvalue weighted by atomic mass is 10.1. The number of H-pyrrole nitrogens is 1. The summed E-state index contributed by atoms with van der Waals surface area (Å²) in [6.07, 6.45) is 1.34. The standard InChI is InChI=1S/C18H19N5O5/c1-11(25)28-18(2,14-8-12(9-24)10-27-14)19-16-15(17(26)23-22-16)21-20-13-6-4-3-5-7-13/h3-8,10,24H,9H2,1-2H3,(H3,19,22,23,26). The lowest BCUT2D eigenvalue weighted by molar-refractivity contribution is -0.155. The number of anilines is 1. The van der Waals surface area contributed by atoms with E-state index in [-0.39, 0.29) is 29.8 Å². The number of rotatable bonds is 7. The van der Waals surface area contributed by atoms with Crippen LogP contribution in [0.5, 0.6) is 5.88 Å². The van der Waals surface area contributed by atoms with Crippen molar-refractivity contribution in [3.05, 3.63) is 54.0 Å². The van der Waals surface area contributed by atoms with Gasteiger partial charge in [0.1, 0.15) is 0 Å².